The van der Waals surface area contributed by atoms with E-state index in [1.54, 1.807) is 0 Å². The summed E-state index contributed by atoms with van der Waals surface area (Å²) in [7, 11) is 0. The van der Waals surface area contributed by atoms with Crippen LogP contribution in [-0.2, 0) is 4.79 Å². The van der Waals surface area contributed by atoms with Crippen molar-refractivity contribution in [3.05, 3.63) is 23.7 Å². The number of nitrogens with zero attached hydrogens (tertiary/aromatic N) is 2. The van der Waals surface area contributed by atoms with Gasteiger partial charge in [0.15, 0.2) is 0 Å². The van der Waals surface area contributed by atoms with Gasteiger partial charge in [-0.15, -0.1) is 0 Å². The number of hydrogen-bond donors (Lipinski definition) is 1. The van der Waals surface area contributed by atoms with Crippen LogP contribution in [0, 0.1) is 19.3 Å². The van der Waals surface area contributed by atoms with Crippen molar-refractivity contribution >= 4 is 39.2 Å². The van der Waals surface area contributed by atoms with Crippen LogP contribution in [0.2, 0.25) is 13.3 Å². The quantitative estimate of drug-likeness (QED) is 0.316. The van der Waals surface area contributed by atoms with Crippen LogP contribution in [0.3, 0.4) is 0 Å². The van der Waals surface area contributed by atoms with E-state index in [4.69, 9.17) is 4.98 Å². The number of rotatable bonds is 11. The maximum absolute atomic E-state index is 13.2. The van der Waals surface area contributed by atoms with Gasteiger partial charge in [-0.1, -0.05) is 0 Å². The van der Waals surface area contributed by atoms with Crippen LogP contribution in [0.1, 0.15) is 91.5 Å². The molecule has 0 aliphatic heterocycles. The Morgan fingerprint density at radius 1 is 1.00 bits per heavy atom. The number of unbranched alkanes of at least 4 members (excludes halogenated alkanes) is 3. The summed E-state index contributed by atoms with van der Waals surface area (Å²) in [6.07, 6.45) is 9.84. The Morgan fingerprint density at radius 2 is 1.52 bits per heavy atom. The molecule has 0 bridgehead atoms. The normalized spacial score (nSPS) is 12.5. The van der Waals surface area contributed by atoms with Crippen LogP contribution in [0.4, 0.5) is 5.69 Å². The number of aryl methyl sites for hydroxylation is 2. The molecule has 0 aromatic carbocycles. The Morgan fingerprint density at radius 3 is 1.97 bits per heavy atom. The van der Waals surface area contributed by atoms with Crippen LogP contribution in [0.25, 0.3) is 5.65 Å². The summed E-state index contributed by atoms with van der Waals surface area (Å²) < 4.78 is 7.79. The van der Waals surface area contributed by atoms with Gasteiger partial charge in [-0.05, 0) is 0 Å². The molecule has 0 aliphatic rings. The zero-order valence-corrected chi connectivity index (χ0v) is 24.2. The second kappa shape index (κ2) is 11.2. The third kappa shape index (κ3) is 6.05. The number of carbonyl (C=O) groups excluding carboxylic acids is 1. The van der Waals surface area contributed by atoms with Gasteiger partial charge < -0.3 is 0 Å². The molecule has 0 unspecified atom stereocenters. The molecule has 0 aliphatic carbocycles. The van der Waals surface area contributed by atoms with Gasteiger partial charge >= 0.3 is 195 Å². The SMILES string of the molecule is CCC[CH2][Sn]([CH2]CCC)([CH2]CCC)[c]1ccn2c(C)c(C)nc2c1NC(=O)C(C)(C)C. The Balaban J connectivity index is 2.76. The molecule has 0 radical (unpaired) electrons. The summed E-state index contributed by atoms with van der Waals surface area (Å²) in [5.74, 6) is 0.0850. The van der Waals surface area contributed by atoms with E-state index in [2.05, 4.69) is 56.6 Å². The first kappa shape index (κ1) is 26.2. The Kier molecular flexibility index (Phi) is 9.47. The second-order valence-electron chi connectivity index (χ2n) is 10.4. The van der Waals surface area contributed by atoms with Crippen LogP contribution >= 0.6 is 0 Å². The number of nitrogens with one attached hydrogen (secondary N) is 1. The zero-order valence-electron chi connectivity index (χ0n) is 21.3. The fourth-order valence-corrected chi connectivity index (χ4v) is 21.0. The first-order valence-corrected chi connectivity index (χ1v) is 19.9. The van der Waals surface area contributed by atoms with Crippen LogP contribution in [-0.4, -0.2) is 33.7 Å². The molecule has 2 rings (SSSR count). The molecule has 0 spiro atoms. The van der Waals surface area contributed by atoms with Gasteiger partial charge in [0.1, 0.15) is 0 Å². The second-order valence-corrected chi connectivity index (χ2v) is 23.5. The fourth-order valence-electron chi connectivity index (χ4n) is 4.53. The molecule has 1 N–H and O–H groups in total. The number of pyridine rings is 1. The van der Waals surface area contributed by atoms with E-state index in [0.717, 1.165) is 22.7 Å². The third-order valence-corrected chi connectivity index (χ3v) is 22.5. The van der Waals surface area contributed by atoms with E-state index in [1.165, 1.54) is 55.4 Å². The monoisotopic (exact) mass is 535 g/mol. The molecule has 0 fully saturated rings. The molecule has 0 saturated carbocycles. The molecule has 2 aromatic heterocycles. The van der Waals surface area contributed by atoms with E-state index < -0.39 is 23.8 Å². The zero-order chi connectivity index (χ0) is 23.2. The van der Waals surface area contributed by atoms with E-state index in [1.807, 2.05) is 20.8 Å². The number of amides is 1. The van der Waals surface area contributed by atoms with Gasteiger partial charge in [0, 0.05) is 0 Å². The minimum absolute atomic E-state index is 0.0850. The van der Waals surface area contributed by atoms with Gasteiger partial charge in [-0.2, -0.15) is 0 Å². The summed E-state index contributed by atoms with van der Waals surface area (Å²) in [5, 5.41) is 3.40. The predicted molar refractivity (Wildman–Crippen MR) is 137 cm³/mol. The molecule has 4 nitrogen and oxygen atoms in total. The van der Waals surface area contributed by atoms with Crippen molar-refractivity contribution in [2.75, 3.05) is 5.32 Å². The standard InChI is InChI=1S/C14H18N3O.3C4H9.Sn/c1-9-10(2)17-8-6-7-11(12(17)15-9)16-13(18)14(3,4)5;3*1-3-4-2;/h6,8H,1-5H3,(H,16,18);3*1,3-4H2,2H3;. The van der Waals surface area contributed by atoms with Crippen molar-refractivity contribution in [1.82, 2.24) is 9.38 Å². The molecule has 5 heteroatoms. The number of hydrogen-bond acceptors (Lipinski definition) is 2. The van der Waals surface area contributed by atoms with Crippen molar-refractivity contribution in [2.45, 2.75) is 107 Å². The molecule has 2 aromatic rings. The molecule has 31 heavy (non-hydrogen) atoms. The molecule has 1 amide bonds. The van der Waals surface area contributed by atoms with Gasteiger partial charge in [0.2, 0.25) is 0 Å². The molecule has 0 atom stereocenters. The first-order chi connectivity index (χ1) is 14.6. The Hall–Kier alpha value is -1.04. The average Bonchev–Trinajstić information content (AvgIpc) is 3.02. The van der Waals surface area contributed by atoms with Gasteiger partial charge in [0.05, 0.1) is 0 Å². The molecule has 174 valence electrons. The Bertz CT molecular complexity index is 857. The van der Waals surface area contributed by atoms with E-state index in [9.17, 15) is 4.79 Å². The van der Waals surface area contributed by atoms with E-state index in [-0.39, 0.29) is 5.91 Å². The topological polar surface area (TPSA) is 46.4 Å². The van der Waals surface area contributed by atoms with E-state index >= 15 is 0 Å². The van der Waals surface area contributed by atoms with Crippen LogP contribution in [0.15, 0.2) is 12.3 Å². The predicted octanol–water partition coefficient (Wildman–Crippen LogP) is 6.99. The summed E-state index contributed by atoms with van der Waals surface area (Å²) in [4.78, 5) is 18.1. The number of carbonyl (C=O) groups is 1. The van der Waals surface area contributed by atoms with Gasteiger partial charge in [-0.3, -0.25) is 0 Å². The fraction of sp³-hybridized carbons (Fsp3) is 0.692. The summed E-state index contributed by atoms with van der Waals surface area (Å²) in [6.45, 7) is 17.1. The minimum atomic E-state index is -2.76. The van der Waals surface area contributed by atoms with Gasteiger partial charge in [-0.25, -0.2) is 0 Å². The molecule has 2 heterocycles. The average molecular weight is 534 g/mol. The van der Waals surface area contributed by atoms with E-state index in [0.29, 0.717) is 0 Å². The number of anilines is 1. The summed E-state index contributed by atoms with van der Waals surface area (Å²) in [5.41, 5.74) is 3.73. The van der Waals surface area contributed by atoms with Crippen molar-refractivity contribution in [2.24, 2.45) is 5.41 Å². The van der Waals surface area contributed by atoms with Crippen molar-refractivity contribution < 1.29 is 4.79 Å². The van der Waals surface area contributed by atoms with Gasteiger partial charge in [0.25, 0.3) is 0 Å². The summed E-state index contributed by atoms with van der Waals surface area (Å²) >= 11 is -2.76. The van der Waals surface area contributed by atoms with Crippen LogP contribution in [0.5, 0.6) is 0 Å². The number of fused-ring (bicyclic) bond motifs is 1. The van der Waals surface area contributed by atoms with Crippen molar-refractivity contribution in [3.8, 4) is 0 Å². The first-order valence-electron chi connectivity index (χ1n) is 12.4. The van der Waals surface area contributed by atoms with Crippen molar-refractivity contribution in [1.29, 1.82) is 0 Å². The number of imidazole rings is 1. The number of aromatic nitrogens is 2. The molecule has 0 saturated heterocycles. The maximum atomic E-state index is 13.2. The third-order valence-electron chi connectivity index (χ3n) is 6.79. The van der Waals surface area contributed by atoms with Crippen molar-refractivity contribution in [3.63, 3.8) is 0 Å². The van der Waals surface area contributed by atoms with Crippen LogP contribution < -0.4 is 8.90 Å². The molecular weight excluding hydrogens is 489 g/mol. The summed E-state index contributed by atoms with van der Waals surface area (Å²) in [6, 6.07) is 2.37. The Labute approximate surface area is 194 Å². The molecular formula is C26H45N3OSn.